The van der Waals surface area contributed by atoms with E-state index in [1.165, 1.54) is 6.20 Å². The van der Waals surface area contributed by atoms with Crippen molar-refractivity contribution >= 4 is 11.8 Å². The number of anilines is 2. The average molecular weight is 295 g/mol. The lowest BCUT2D eigenvalue weighted by atomic mass is 10.0. The molecule has 1 fully saturated rings. The molecular formula is C15H26FN5. The monoisotopic (exact) mass is 295 g/mol. The van der Waals surface area contributed by atoms with E-state index in [0.717, 1.165) is 45.4 Å². The van der Waals surface area contributed by atoms with Crippen LogP contribution in [-0.2, 0) is 0 Å². The third kappa shape index (κ3) is 4.03. The highest BCUT2D eigenvalue weighted by molar-refractivity contribution is 5.44. The van der Waals surface area contributed by atoms with Gasteiger partial charge in [0.1, 0.15) is 0 Å². The zero-order valence-corrected chi connectivity index (χ0v) is 13.3. The maximum absolute atomic E-state index is 14.0. The Labute approximate surface area is 126 Å². The van der Waals surface area contributed by atoms with Crippen LogP contribution in [-0.4, -0.2) is 54.1 Å². The number of hydrogen-bond donors (Lipinski definition) is 1. The van der Waals surface area contributed by atoms with Crippen LogP contribution in [0.1, 0.15) is 33.1 Å². The first-order chi connectivity index (χ1) is 10.2. The molecule has 2 rings (SSSR count). The molecule has 6 heteroatoms. The van der Waals surface area contributed by atoms with Crippen molar-refractivity contribution in [3.8, 4) is 0 Å². The summed E-state index contributed by atoms with van der Waals surface area (Å²) >= 11 is 0. The topological polar surface area (TPSA) is 44.3 Å². The van der Waals surface area contributed by atoms with Crippen molar-refractivity contribution in [3.63, 3.8) is 0 Å². The average Bonchev–Trinajstić information content (AvgIpc) is 2.53. The molecule has 1 N–H and O–H groups in total. The van der Waals surface area contributed by atoms with Crippen molar-refractivity contribution in [1.29, 1.82) is 0 Å². The molecule has 0 radical (unpaired) electrons. The van der Waals surface area contributed by atoms with E-state index in [9.17, 15) is 4.39 Å². The van der Waals surface area contributed by atoms with Crippen LogP contribution >= 0.6 is 0 Å². The lowest BCUT2D eigenvalue weighted by Gasteiger charge is -2.36. The van der Waals surface area contributed by atoms with Crippen LogP contribution in [0.3, 0.4) is 0 Å². The molecule has 1 aliphatic rings. The zero-order chi connectivity index (χ0) is 15.2. The van der Waals surface area contributed by atoms with Crippen LogP contribution in [0.5, 0.6) is 0 Å². The largest absolute Gasteiger partial charge is 0.354 e. The van der Waals surface area contributed by atoms with Gasteiger partial charge < -0.3 is 15.1 Å². The standard InChI is InChI=1S/C15H26FN5/c1-4-8-17-15-18-11-13(16)14(19-15)20(3)12-6-9-21(5-2)10-7-12/h11-12H,4-10H2,1-3H3,(H,17,18,19). The molecule has 1 aromatic heterocycles. The summed E-state index contributed by atoms with van der Waals surface area (Å²) in [6, 6.07) is 0.344. The van der Waals surface area contributed by atoms with Gasteiger partial charge in [-0.05, 0) is 25.8 Å². The van der Waals surface area contributed by atoms with E-state index in [4.69, 9.17) is 0 Å². The van der Waals surface area contributed by atoms with Crippen LogP contribution in [0.15, 0.2) is 6.20 Å². The Kier molecular flexibility index (Phi) is 5.73. The predicted octanol–water partition coefficient (Wildman–Crippen LogP) is 2.36. The van der Waals surface area contributed by atoms with Gasteiger partial charge in [-0.3, -0.25) is 0 Å². The number of halogens is 1. The van der Waals surface area contributed by atoms with E-state index in [0.29, 0.717) is 17.8 Å². The van der Waals surface area contributed by atoms with Gasteiger partial charge in [0.05, 0.1) is 6.20 Å². The van der Waals surface area contributed by atoms with E-state index in [2.05, 4.69) is 34.0 Å². The number of hydrogen-bond acceptors (Lipinski definition) is 5. The van der Waals surface area contributed by atoms with E-state index < -0.39 is 0 Å². The Bertz CT molecular complexity index is 446. The van der Waals surface area contributed by atoms with Gasteiger partial charge in [0.15, 0.2) is 11.6 Å². The minimum atomic E-state index is -0.350. The molecule has 0 saturated carbocycles. The van der Waals surface area contributed by atoms with Gasteiger partial charge in [0.25, 0.3) is 0 Å². The third-order valence-corrected chi connectivity index (χ3v) is 4.14. The van der Waals surface area contributed by atoms with Crippen molar-refractivity contribution < 1.29 is 4.39 Å². The zero-order valence-electron chi connectivity index (χ0n) is 13.3. The predicted molar refractivity (Wildman–Crippen MR) is 84.3 cm³/mol. The lowest BCUT2D eigenvalue weighted by molar-refractivity contribution is 0.220. The highest BCUT2D eigenvalue weighted by Gasteiger charge is 2.24. The second kappa shape index (κ2) is 7.54. The highest BCUT2D eigenvalue weighted by Crippen LogP contribution is 2.23. The molecule has 118 valence electrons. The number of piperidine rings is 1. The molecule has 2 heterocycles. The smallest absolute Gasteiger partial charge is 0.224 e. The number of aromatic nitrogens is 2. The normalized spacial score (nSPS) is 17.0. The van der Waals surface area contributed by atoms with Gasteiger partial charge in [0, 0.05) is 32.7 Å². The van der Waals surface area contributed by atoms with Gasteiger partial charge in [-0.2, -0.15) is 4.98 Å². The summed E-state index contributed by atoms with van der Waals surface area (Å²) in [6.45, 7) is 8.27. The summed E-state index contributed by atoms with van der Waals surface area (Å²) in [5.41, 5.74) is 0. The second-order valence-corrected chi connectivity index (χ2v) is 5.57. The molecule has 0 spiro atoms. The van der Waals surface area contributed by atoms with Crippen molar-refractivity contribution in [2.45, 2.75) is 39.2 Å². The molecule has 0 aliphatic carbocycles. The Morgan fingerprint density at radius 2 is 2.10 bits per heavy atom. The summed E-state index contributed by atoms with van der Waals surface area (Å²) in [5, 5.41) is 3.11. The number of nitrogens with zero attached hydrogens (tertiary/aromatic N) is 4. The molecule has 0 aromatic carbocycles. The molecule has 0 unspecified atom stereocenters. The first-order valence-corrected chi connectivity index (χ1v) is 7.87. The number of likely N-dealkylation sites (tertiary alicyclic amines) is 1. The van der Waals surface area contributed by atoms with Crippen molar-refractivity contribution in [1.82, 2.24) is 14.9 Å². The fraction of sp³-hybridized carbons (Fsp3) is 0.733. The first-order valence-electron chi connectivity index (χ1n) is 7.87. The lowest BCUT2D eigenvalue weighted by Crippen LogP contribution is -2.43. The van der Waals surface area contributed by atoms with E-state index in [1.54, 1.807) is 0 Å². The van der Waals surface area contributed by atoms with E-state index in [1.807, 2.05) is 11.9 Å². The maximum atomic E-state index is 14.0. The van der Waals surface area contributed by atoms with Crippen LogP contribution in [0, 0.1) is 5.82 Å². The van der Waals surface area contributed by atoms with Crippen LogP contribution in [0.4, 0.5) is 16.2 Å². The van der Waals surface area contributed by atoms with Gasteiger partial charge in [-0.15, -0.1) is 0 Å². The quantitative estimate of drug-likeness (QED) is 0.873. The molecule has 21 heavy (non-hydrogen) atoms. The molecular weight excluding hydrogens is 269 g/mol. The molecule has 0 amide bonds. The Balaban J connectivity index is 2.05. The SMILES string of the molecule is CCCNc1ncc(F)c(N(C)C2CCN(CC)CC2)n1. The summed E-state index contributed by atoms with van der Waals surface area (Å²) in [5.74, 6) is 0.558. The fourth-order valence-corrected chi connectivity index (χ4v) is 2.72. The van der Waals surface area contributed by atoms with Crippen LogP contribution in [0.25, 0.3) is 0 Å². The summed E-state index contributed by atoms with van der Waals surface area (Å²) < 4.78 is 14.0. The summed E-state index contributed by atoms with van der Waals surface area (Å²) in [7, 11) is 1.93. The van der Waals surface area contributed by atoms with Gasteiger partial charge in [0.2, 0.25) is 5.95 Å². The Morgan fingerprint density at radius 3 is 2.71 bits per heavy atom. The molecule has 0 atom stereocenters. The Hall–Kier alpha value is -1.43. The minimum Gasteiger partial charge on any atom is -0.354 e. The molecule has 1 aliphatic heterocycles. The number of nitrogens with one attached hydrogen (secondary N) is 1. The van der Waals surface area contributed by atoms with Crippen LogP contribution in [0.2, 0.25) is 0 Å². The Morgan fingerprint density at radius 1 is 1.38 bits per heavy atom. The van der Waals surface area contributed by atoms with Crippen molar-refractivity contribution in [3.05, 3.63) is 12.0 Å². The summed E-state index contributed by atoms with van der Waals surface area (Å²) in [4.78, 5) is 12.7. The minimum absolute atomic E-state index is 0.344. The van der Waals surface area contributed by atoms with Gasteiger partial charge >= 0.3 is 0 Å². The second-order valence-electron chi connectivity index (χ2n) is 5.57. The van der Waals surface area contributed by atoms with Gasteiger partial charge in [-0.25, -0.2) is 9.37 Å². The summed E-state index contributed by atoms with van der Waals surface area (Å²) in [6.07, 6.45) is 4.34. The van der Waals surface area contributed by atoms with E-state index in [-0.39, 0.29) is 5.82 Å². The maximum Gasteiger partial charge on any atom is 0.224 e. The van der Waals surface area contributed by atoms with Crippen molar-refractivity contribution in [2.75, 3.05) is 43.4 Å². The first kappa shape index (κ1) is 15.9. The molecule has 0 bridgehead atoms. The van der Waals surface area contributed by atoms with Crippen LogP contribution < -0.4 is 10.2 Å². The van der Waals surface area contributed by atoms with Crippen molar-refractivity contribution in [2.24, 2.45) is 0 Å². The molecule has 1 saturated heterocycles. The number of rotatable bonds is 6. The molecule has 5 nitrogen and oxygen atoms in total. The fourth-order valence-electron chi connectivity index (χ4n) is 2.72. The van der Waals surface area contributed by atoms with E-state index >= 15 is 0 Å². The third-order valence-electron chi connectivity index (χ3n) is 4.14. The molecule has 1 aromatic rings. The van der Waals surface area contributed by atoms with Gasteiger partial charge in [-0.1, -0.05) is 13.8 Å². The highest BCUT2D eigenvalue weighted by atomic mass is 19.1.